The predicted molar refractivity (Wildman–Crippen MR) is 95.6 cm³/mol. The van der Waals surface area contributed by atoms with Gasteiger partial charge in [-0.3, -0.25) is 4.79 Å². The fourth-order valence-electron chi connectivity index (χ4n) is 2.22. The van der Waals surface area contributed by atoms with Crippen molar-refractivity contribution in [3.8, 4) is 17.2 Å². The highest BCUT2D eigenvalue weighted by atomic mass is 35.5. The molecule has 0 atom stereocenters. The van der Waals surface area contributed by atoms with Crippen molar-refractivity contribution in [2.45, 2.75) is 6.42 Å². The Bertz CT molecular complexity index is 816. The van der Waals surface area contributed by atoms with E-state index in [1.807, 2.05) is 30.3 Å². The van der Waals surface area contributed by atoms with Gasteiger partial charge in [-0.25, -0.2) is 4.98 Å². The zero-order valence-electron chi connectivity index (χ0n) is 13.4. The molecule has 0 aliphatic heterocycles. The summed E-state index contributed by atoms with van der Waals surface area (Å²) in [5.41, 5.74) is 1.47. The smallest absolute Gasteiger partial charge is 0.226 e. The van der Waals surface area contributed by atoms with Crippen molar-refractivity contribution >= 4 is 17.5 Å². The number of nitrogens with zero attached hydrogens (tertiary/aromatic N) is 1. The fourth-order valence-corrected chi connectivity index (χ4v) is 2.34. The molecule has 25 heavy (non-hydrogen) atoms. The summed E-state index contributed by atoms with van der Waals surface area (Å²) in [5.74, 6) is 1.09. The average molecular weight is 357 g/mol. The highest BCUT2D eigenvalue weighted by Gasteiger charge is 2.10. The number of amides is 1. The summed E-state index contributed by atoms with van der Waals surface area (Å²) in [6, 6.07) is 16.6. The maximum Gasteiger partial charge on any atom is 0.226 e. The van der Waals surface area contributed by atoms with Gasteiger partial charge in [0.15, 0.2) is 0 Å². The summed E-state index contributed by atoms with van der Waals surface area (Å²) in [6.07, 6.45) is 1.67. The molecule has 0 saturated carbocycles. The average Bonchev–Trinajstić information content (AvgIpc) is 3.09. The third-order valence-electron chi connectivity index (χ3n) is 3.42. The maximum absolute atomic E-state index is 11.9. The summed E-state index contributed by atoms with van der Waals surface area (Å²) < 4.78 is 10.9. The number of carbonyl (C=O) groups is 1. The number of hydrogen-bond donors (Lipinski definition) is 1. The van der Waals surface area contributed by atoms with Gasteiger partial charge in [-0.05, 0) is 36.4 Å². The van der Waals surface area contributed by atoms with Gasteiger partial charge < -0.3 is 14.5 Å². The van der Waals surface area contributed by atoms with Crippen molar-refractivity contribution in [2.24, 2.45) is 0 Å². The van der Waals surface area contributed by atoms with E-state index in [-0.39, 0.29) is 12.3 Å². The van der Waals surface area contributed by atoms with Crippen LogP contribution >= 0.6 is 11.6 Å². The van der Waals surface area contributed by atoms with E-state index in [9.17, 15) is 4.79 Å². The molecule has 1 heterocycles. The van der Waals surface area contributed by atoms with Crippen LogP contribution in [0.15, 0.2) is 65.3 Å². The number of hydrogen-bond acceptors (Lipinski definition) is 4. The molecule has 0 aliphatic carbocycles. The van der Waals surface area contributed by atoms with E-state index in [2.05, 4.69) is 10.3 Å². The lowest BCUT2D eigenvalue weighted by Gasteiger charge is -2.07. The molecule has 1 aromatic heterocycles. The number of ether oxygens (including phenoxy) is 1. The van der Waals surface area contributed by atoms with Crippen molar-refractivity contribution < 1.29 is 13.9 Å². The molecule has 0 spiro atoms. The Kier molecular flexibility index (Phi) is 5.69. The first kappa shape index (κ1) is 17.0. The SMILES string of the molecule is O=C(Cc1coc(-c2ccccc2)n1)NCCOc1ccc(Cl)cc1. The molecule has 128 valence electrons. The van der Waals surface area contributed by atoms with Crippen molar-refractivity contribution in [2.75, 3.05) is 13.2 Å². The summed E-state index contributed by atoms with van der Waals surface area (Å²) >= 11 is 5.81. The Morgan fingerprint density at radius 2 is 1.88 bits per heavy atom. The molecule has 1 N–H and O–H groups in total. The van der Waals surface area contributed by atoms with Gasteiger partial charge in [-0.2, -0.15) is 0 Å². The molecular formula is C19H17ClN2O3. The molecule has 2 aromatic carbocycles. The molecule has 0 unspecified atom stereocenters. The second kappa shape index (κ2) is 8.35. The number of halogens is 1. The quantitative estimate of drug-likeness (QED) is 0.655. The fraction of sp³-hybridized carbons (Fsp3) is 0.158. The second-order valence-corrected chi connectivity index (χ2v) is 5.78. The molecule has 0 bridgehead atoms. The molecule has 0 aliphatic rings. The van der Waals surface area contributed by atoms with Crippen LogP contribution in [0.25, 0.3) is 11.5 Å². The van der Waals surface area contributed by atoms with Crippen LogP contribution < -0.4 is 10.1 Å². The minimum Gasteiger partial charge on any atom is -0.492 e. The van der Waals surface area contributed by atoms with E-state index in [1.165, 1.54) is 6.26 Å². The number of nitrogens with one attached hydrogen (secondary N) is 1. The summed E-state index contributed by atoms with van der Waals surface area (Å²) in [4.78, 5) is 16.3. The van der Waals surface area contributed by atoms with Crippen LogP contribution in [0.3, 0.4) is 0 Å². The Morgan fingerprint density at radius 3 is 2.64 bits per heavy atom. The van der Waals surface area contributed by atoms with Gasteiger partial charge in [-0.15, -0.1) is 0 Å². The normalized spacial score (nSPS) is 10.4. The van der Waals surface area contributed by atoms with Gasteiger partial charge in [-0.1, -0.05) is 29.8 Å². The number of benzene rings is 2. The molecule has 0 radical (unpaired) electrons. The first-order valence-corrected chi connectivity index (χ1v) is 8.23. The van der Waals surface area contributed by atoms with Crippen LogP contribution in [0.2, 0.25) is 5.02 Å². The van der Waals surface area contributed by atoms with Gasteiger partial charge in [0.05, 0.1) is 18.7 Å². The van der Waals surface area contributed by atoms with Gasteiger partial charge in [0, 0.05) is 10.6 Å². The molecule has 3 aromatic rings. The third-order valence-corrected chi connectivity index (χ3v) is 3.67. The topological polar surface area (TPSA) is 64.4 Å². The lowest BCUT2D eigenvalue weighted by Crippen LogP contribution is -2.29. The van der Waals surface area contributed by atoms with E-state index in [1.54, 1.807) is 24.3 Å². The van der Waals surface area contributed by atoms with Crippen LogP contribution in [0.5, 0.6) is 5.75 Å². The number of aromatic nitrogens is 1. The Morgan fingerprint density at radius 1 is 1.12 bits per heavy atom. The number of rotatable bonds is 7. The first-order chi connectivity index (χ1) is 12.2. The van der Waals surface area contributed by atoms with Crippen molar-refractivity contribution in [3.63, 3.8) is 0 Å². The molecular weight excluding hydrogens is 340 g/mol. The van der Waals surface area contributed by atoms with Gasteiger partial charge in [0.1, 0.15) is 18.6 Å². The van der Waals surface area contributed by atoms with Crippen molar-refractivity contribution in [3.05, 3.63) is 71.6 Å². The molecule has 6 heteroatoms. The van der Waals surface area contributed by atoms with Crippen molar-refractivity contribution in [1.82, 2.24) is 10.3 Å². The van der Waals surface area contributed by atoms with Crippen LogP contribution in [0.1, 0.15) is 5.69 Å². The maximum atomic E-state index is 11.9. The molecule has 1 amide bonds. The summed E-state index contributed by atoms with van der Waals surface area (Å²) in [5, 5.41) is 3.45. The number of carbonyl (C=O) groups excluding carboxylic acids is 1. The highest BCUT2D eigenvalue weighted by Crippen LogP contribution is 2.18. The number of oxazole rings is 1. The van der Waals surface area contributed by atoms with Gasteiger partial charge in [0.2, 0.25) is 11.8 Å². The molecule has 0 fully saturated rings. The van der Waals surface area contributed by atoms with Crippen LogP contribution in [0.4, 0.5) is 0 Å². The largest absolute Gasteiger partial charge is 0.492 e. The van der Waals surface area contributed by atoms with Crippen LogP contribution in [-0.2, 0) is 11.2 Å². The lowest BCUT2D eigenvalue weighted by atomic mass is 10.2. The van der Waals surface area contributed by atoms with E-state index >= 15 is 0 Å². The van der Waals surface area contributed by atoms with E-state index in [0.717, 1.165) is 5.56 Å². The third kappa shape index (κ3) is 5.09. The minimum atomic E-state index is -0.132. The summed E-state index contributed by atoms with van der Waals surface area (Å²) in [6.45, 7) is 0.784. The van der Waals surface area contributed by atoms with E-state index in [4.69, 9.17) is 20.8 Å². The highest BCUT2D eigenvalue weighted by molar-refractivity contribution is 6.30. The first-order valence-electron chi connectivity index (χ1n) is 7.85. The standard InChI is InChI=1S/C19H17ClN2O3/c20-15-6-8-17(9-7-15)24-11-10-21-18(23)12-16-13-25-19(22-16)14-4-2-1-3-5-14/h1-9,13H,10-12H2,(H,21,23). The predicted octanol–water partition coefficient (Wildman–Crippen LogP) is 3.73. The second-order valence-electron chi connectivity index (χ2n) is 5.34. The zero-order valence-corrected chi connectivity index (χ0v) is 14.2. The molecule has 3 rings (SSSR count). The molecule has 5 nitrogen and oxygen atoms in total. The lowest BCUT2D eigenvalue weighted by molar-refractivity contribution is -0.120. The van der Waals surface area contributed by atoms with E-state index < -0.39 is 0 Å². The van der Waals surface area contributed by atoms with Crippen molar-refractivity contribution in [1.29, 1.82) is 0 Å². The summed E-state index contributed by atoms with van der Waals surface area (Å²) in [7, 11) is 0. The minimum absolute atomic E-state index is 0.132. The Hall–Kier alpha value is -2.79. The van der Waals surface area contributed by atoms with Crippen LogP contribution in [-0.4, -0.2) is 24.0 Å². The monoisotopic (exact) mass is 356 g/mol. The van der Waals surface area contributed by atoms with Gasteiger partial charge in [0.25, 0.3) is 0 Å². The van der Waals surface area contributed by atoms with E-state index in [0.29, 0.717) is 35.5 Å². The Labute approximate surface area is 150 Å². The van der Waals surface area contributed by atoms with Crippen LogP contribution in [0, 0.1) is 0 Å². The molecule has 0 saturated heterocycles. The Balaban J connectivity index is 1.42. The zero-order chi connectivity index (χ0) is 17.5. The van der Waals surface area contributed by atoms with Gasteiger partial charge >= 0.3 is 0 Å².